The minimum Gasteiger partial charge on any atom is -0.493 e. The number of hydrogen-bond acceptors (Lipinski definition) is 5. The van der Waals surface area contributed by atoms with E-state index in [0.29, 0.717) is 36.8 Å². The molecular weight excluding hydrogens is 358 g/mol. The topological polar surface area (TPSA) is 57.2 Å². The van der Waals surface area contributed by atoms with Crippen LogP contribution in [0.2, 0.25) is 0 Å². The third-order valence-electron chi connectivity index (χ3n) is 5.96. The molecule has 3 aliphatic heterocycles. The Morgan fingerprint density at radius 1 is 0.964 bits per heavy atom. The van der Waals surface area contributed by atoms with Gasteiger partial charge >= 0.3 is 0 Å². The third-order valence-corrected chi connectivity index (χ3v) is 5.96. The molecule has 0 radical (unpaired) electrons. The summed E-state index contributed by atoms with van der Waals surface area (Å²) in [6.45, 7) is 2.17. The maximum Gasteiger partial charge on any atom is 0.254 e. The molecule has 144 valence electrons. The van der Waals surface area contributed by atoms with Gasteiger partial charge in [0.2, 0.25) is 6.79 Å². The summed E-state index contributed by atoms with van der Waals surface area (Å²) in [4.78, 5) is 15.4. The Labute approximate surface area is 162 Å². The maximum atomic E-state index is 13.4. The van der Waals surface area contributed by atoms with Crippen molar-refractivity contribution in [2.45, 2.75) is 38.3 Å². The molecule has 0 unspecified atom stereocenters. The van der Waals surface area contributed by atoms with Crippen LogP contribution in [0.15, 0.2) is 24.3 Å². The molecule has 1 fully saturated rings. The Balaban J connectivity index is 1.36. The first kappa shape index (κ1) is 16.1. The zero-order chi connectivity index (χ0) is 18.7. The van der Waals surface area contributed by atoms with Gasteiger partial charge in [-0.25, -0.2) is 0 Å². The summed E-state index contributed by atoms with van der Waals surface area (Å²) in [7, 11) is 0. The van der Waals surface area contributed by atoms with Crippen molar-refractivity contribution in [2.24, 2.45) is 0 Å². The predicted octanol–water partition coefficient (Wildman–Crippen LogP) is 3.09. The summed E-state index contributed by atoms with van der Waals surface area (Å²) < 4.78 is 22.6. The van der Waals surface area contributed by atoms with Gasteiger partial charge < -0.3 is 23.8 Å². The first-order valence-corrected chi connectivity index (χ1v) is 9.92. The number of carbonyl (C=O) groups excluding carboxylic acids is 1. The third kappa shape index (κ3) is 2.51. The van der Waals surface area contributed by atoms with E-state index in [4.69, 9.17) is 18.9 Å². The molecule has 1 saturated carbocycles. The summed E-state index contributed by atoms with van der Waals surface area (Å²) in [6, 6.07) is 7.84. The number of amides is 1. The van der Waals surface area contributed by atoms with Gasteiger partial charge in [0.1, 0.15) is 11.5 Å². The quantitative estimate of drug-likeness (QED) is 0.817. The fourth-order valence-electron chi connectivity index (χ4n) is 4.37. The fourth-order valence-corrected chi connectivity index (χ4v) is 4.37. The van der Waals surface area contributed by atoms with Gasteiger partial charge in [-0.3, -0.25) is 4.79 Å². The largest absolute Gasteiger partial charge is 0.493 e. The molecule has 0 aromatic heterocycles. The summed E-state index contributed by atoms with van der Waals surface area (Å²) in [6.07, 6.45) is 3.87. The lowest BCUT2D eigenvalue weighted by Gasteiger charge is -2.25. The van der Waals surface area contributed by atoms with E-state index in [9.17, 15) is 4.79 Å². The predicted molar refractivity (Wildman–Crippen MR) is 100 cm³/mol. The molecule has 0 spiro atoms. The van der Waals surface area contributed by atoms with E-state index in [1.807, 2.05) is 17.0 Å². The van der Waals surface area contributed by atoms with Crippen molar-refractivity contribution < 1.29 is 23.7 Å². The van der Waals surface area contributed by atoms with E-state index in [1.165, 1.54) is 11.1 Å². The van der Waals surface area contributed by atoms with Crippen molar-refractivity contribution >= 4 is 5.91 Å². The average molecular weight is 379 g/mol. The lowest BCUT2D eigenvalue weighted by molar-refractivity contribution is 0.0728. The fraction of sp³-hybridized carbons (Fsp3) is 0.409. The molecule has 6 heteroatoms. The van der Waals surface area contributed by atoms with E-state index in [-0.39, 0.29) is 18.7 Å². The molecule has 0 bridgehead atoms. The second kappa shape index (κ2) is 6.06. The molecular formula is C22H21NO5. The standard InChI is InChI=1S/C22H21NO5/c24-22(14-1-4-18-20(10-14)28-12-27-18)23(15-2-3-15)11-17-16-6-8-25-19(16)9-13-5-7-26-21(13)17/h1,4,9-10,15H,2-3,5-8,11-12H2. The van der Waals surface area contributed by atoms with E-state index < -0.39 is 0 Å². The molecule has 6 rings (SSSR count). The molecule has 0 saturated heterocycles. The zero-order valence-corrected chi connectivity index (χ0v) is 15.5. The first-order valence-electron chi connectivity index (χ1n) is 9.92. The van der Waals surface area contributed by atoms with Crippen molar-refractivity contribution in [1.82, 2.24) is 4.90 Å². The van der Waals surface area contributed by atoms with E-state index in [0.717, 1.165) is 42.7 Å². The van der Waals surface area contributed by atoms with Gasteiger partial charge in [0.15, 0.2) is 11.5 Å². The van der Waals surface area contributed by atoms with Crippen molar-refractivity contribution in [2.75, 3.05) is 20.0 Å². The number of ether oxygens (including phenoxy) is 4. The Kier molecular flexibility index (Phi) is 3.48. The molecule has 1 aliphatic carbocycles. The summed E-state index contributed by atoms with van der Waals surface area (Å²) in [5, 5.41) is 0. The molecule has 6 nitrogen and oxygen atoms in total. The molecule has 2 aromatic carbocycles. The monoisotopic (exact) mass is 379 g/mol. The SMILES string of the molecule is O=C(c1ccc2c(c1)OCO2)N(Cc1c2c(cc3c1OCC3)OCC2)C1CC1. The van der Waals surface area contributed by atoms with Crippen molar-refractivity contribution in [1.29, 1.82) is 0 Å². The van der Waals surface area contributed by atoms with Crippen LogP contribution in [0.25, 0.3) is 0 Å². The minimum absolute atomic E-state index is 0.0315. The highest BCUT2D eigenvalue weighted by atomic mass is 16.7. The summed E-state index contributed by atoms with van der Waals surface area (Å²) in [5.41, 5.74) is 4.16. The van der Waals surface area contributed by atoms with Crippen molar-refractivity contribution in [3.63, 3.8) is 0 Å². The lowest BCUT2D eigenvalue weighted by Crippen LogP contribution is -2.33. The second-order valence-electron chi connectivity index (χ2n) is 7.75. The van der Waals surface area contributed by atoms with Crippen LogP contribution < -0.4 is 18.9 Å². The highest BCUT2D eigenvalue weighted by molar-refractivity contribution is 5.95. The van der Waals surface area contributed by atoms with Gasteiger partial charge in [0, 0.05) is 41.1 Å². The van der Waals surface area contributed by atoms with Gasteiger partial charge in [-0.15, -0.1) is 0 Å². The number of rotatable bonds is 4. The zero-order valence-electron chi connectivity index (χ0n) is 15.5. The van der Waals surface area contributed by atoms with Crippen LogP contribution in [-0.2, 0) is 19.4 Å². The number of nitrogens with zero attached hydrogens (tertiary/aromatic N) is 1. The van der Waals surface area contributed by atoms with Gasteiger partial charge in [-0.05, 0) is 37.1 Å². The van der Waals surface area contributed by atoms with Gasteiger partial charge in [0.25, 0.3) is 5.91 Å². The Bertz CT molecular complexity index is 949. The average Bonchev–Trinajstić information content (AvgIpc) is 3.11. The van der Waals surface area contributed by atoms with Crippen LogP contribution >= 0.6 is 0 Å². The Morgan fingerprint density at radius 3 is 2.71 bits per heavy atom. The highest BCUT2D eigenvalue weighted by Gasteiger charge is 2.36. The highest BCUT2D eigenvalue weighted by Crippen LogP contribution is 2.43. The molecule has 1 amide bonds. The number of hydrogen-bond donors (Lipinski definition) is 0. The minimum atomic E-state index is 0.0315. The van der Waals surface area contributed by atoms with Gasteiger partial charge in [-0.2, -0.15) is 0 Å². The van der Waals surface area contributed by atoms with Crippen molar-refractivity contribution in [3.8, 4) is 23.0 Å². The Morgan fingerprint density at radius 2 is 1.82 bits per heavy atom. The van der Waals surface area contributed by atoms with Gasteiger partial charge in [0.05, 0.1) is 19.8 Å². The molecule has 2 aromatic rings. The lowest BCUT2D eigenvalue weighted by atomic mass is 9.98. The maximum absolute atomic E-state index is 13.4. The smallest absolute Gasteiger partial charge is 0.254 e. The normalized spacial score (nSPS) is 18.3. The molecule has 3 heterocycles. The Hall–Kier alpha value is -2.89. The van der Waals surface area contributed by atoms with E-state index >= 15 is 0 Å². The molecule has 0 atom stereocenters. The van der Waals surface area contributed by atoms with E-state index in [1.54, 1.807) is 6.07 Å². The molecule has 0 N–H and O–H groups in total. The van der Waals surface area contributed by atoms with Crippen LogP contribution in [0.5, 0.6) is 23.0 Å². The van der Waals surface area contributed by atoms with E-state index in [2.05, 4.69) is 6.07 Å². The van der Waals surface area contributed by atoms with Crippen LogP contribution in [0.1, 0.15) is 39.9 Å². The summed E-state index contributed by atoms with van der Waals surface area (Å²) >= 11 is 0. The van der Waals surface area contributed by atoms with Crippen LogP contribution in [0.3, 0.4) is 0 Å². The van der Waals surface area contributed by atoms with Gasteiger partial charge in [-0.1, -0.05) is 0 Å². The second-order valence-corrected chi connectivity index (χ2v) is 7.75. The number of carbonyl (C=O) groups is 1. The number of benzene rings is 2. The van der Waals surface area contributed by atoms with Crippen LogP contribution in [0, 0.1) is 0 Å². The summed E-state index contributed by atoms with van der Waals surface area (Å²) in [5.74, 6) is 3.29. The van der Waals surface area contributed by atoms with Crippen LogP contribution in [0.4, 0.5) is 0 Å². The molecule has 4 aliphatic rings. The number of fused-ring (bicyclic) bond motifs is 3. The van der Waals surface area contributed by atoms with Crippen molar-refractivity contribution in [3.05, 3.63) is 46.5 Å². The van der Waals surface area contributed by atoms with Crippen LogP contribution in [-0.4, -0.2) is 36.9 Å². The molecule has 28 heavy (non-hydrogen) atoms. The first-order chi connectivity index (χ1) is 13.8.